The van der Waals surface area contributed by atoms with E-state index in [0.29, 0.717) is 11.0 Å². The van der Waals surface area contributed by atoms with Crippen LogP contribution < -0.4 is 5.43 Å². The van der Waals surface area contributed by atoms with E-state index in [1.807, 2.05) is 6.92 Å². The Morgan fingerprint density at radius 3 is 2.48 bits per heavy atom. The molecule has 0 saturated heterocycles. The molecule has 0 aliphatic rings. The molecule has 0 radical (unpaired) electrons. The van der Waals surface area contributed by atoms with Gasteiger partial charge in [-0.15, -0.1) is 0 Å². The monoisotopic (exact) mass is 327 g/mol. The molecule has 23 heavy (non-hydrogen) atoms. The van der Waals surface area contributed by atoms with Crippen LogP contribution in [-0.2, 0) is 10.0 Å². The molecule has 0 amide bonds. The molecule has 5 nitrogen and oxygen atoms in total. The third-order valence-electron chi connectivity index (χ3n) is 3.36. The van der Waals surface area contributed by atoms with E-state index in [1.165, 1.54) is 18.4 Å². The van der Waals surface area contributed by atoms with Gasteiger partial charge in [-0.05, 0) is 31.2 Å². The summed E-state index contributed by atoms with van der Waals surface area (Å²) in [7, 11) is -3.86. The highest BCUT2D eigenvalue weighted by Gasteiger charge is 2.12. The summed E-state index contributed by atoms with van der Waals surface area (Å²) in [4.78, 5) is 12.4. The summed E-state index contributed by atoms with van der Waals surface area (Å²) < 4.78 is 33.2. The normalized spacial score (nSPS) is 12.0. The highest BCUT2D eigenvalue weighted by Crippen LogP contribution is 2.14. The first kappa shape index (κ1) is 15.2. The van der Waals surface area contributed by atoms with E-state index in [-0.39, 0.29) is 15.9 Å². The molecular weight excluding hydrogens is 314 g/mol. The topological polar surface area (TPSA) is 76.7 Å². The Morgan fingerprint density at radius 1 is 1.04 bits per heavy atom. The molecule has 0 aliphatic heterocycles. The first-order valence-corrected chi connectivity index (χ1v) is 8.29. The fourth-order valence-corrected chi connectivity index (χ4v) is 2.93. The minimum Gasteiger partial charge on any atom is -0.463 e. The first-order valence-electron chi connectivity index (χ1n) is 6.85. The fourth-order valence-electron chi connectivity index (χ4n) is 2.08. The number of aryl methyl sites for hydroxylation is 1. The van der Waals surface area contributed by atoms with Crippen LogP contribution in [0.15, 0.2) is 73.3 Å². The van der Waals surface area contributed by atoms with Crippen molar-refractivity contribution in [2.45, 2.75) is 11.8 Å². The Balaban J connectivity index is 2.01. The van der Waals surface area contributed by atoms with Crippen molar-refractivity contribution in [2.24, 2.45) is 4.40 Å². The number of hydrogen-bond donors (Lipinski definition) is 0. The summed E-state index contributed by atoms with van der Waals surface area (Å²) in [5, 5.41) is 0.379. The van der Waals surface area contributed by atoms with E-state index in [2.05, 4.69) is 4.40 Å². The molecule has 0 fully saturated rings. The van der Waals surface area contributed by atoms with Gasteiger partial charge in [-0.2, -0.15) is 12.8 Å². The Kier molecular flexibility index (Phi) is 3.83. The predicted octanol–water partition coefficient (Wildman–Crippen LogP) is 2.91. The van der Waals surface area contributed by atoms with Crippen molar-refractivity contribution in [1.29, 1.82) is 0 Å². The number of nitrogens with zero attached hydrogens (tertiary/aromatic N) is 1. The summed E-state index contributed by atoms with van der Waals surface area (Å²) in [6, 6.07) is 13.1. The molecule has 2 aromatic carbocycles. The van der Waals surface area contributed by atoms with Crippen molar-refractivity contribution >= 4 is 27.2 Å². The molecule has 3 rings (SSSR count). The van der Waals surface area contributed by atoms with Crippen molar-refractivity contribution in [3.05, 3.63) is 76.1 Å². The van der Waals surface area contributed by atoms with Crippen LogP contribution in [0.2, 0.25) is 0 Å². The van der Waals surface area contributed by atoms with Gasteiger partial charge in [0.1, 0.15) is 11.8 Å². The second-order valence-electron chi connectivity index (χ2n) is 5.04. The Hall–Kier alpha value is -2.73. The van der Waals surface area contributed by atoms with Gasteiger partial charge in [-0.3, -0.25) is 4.79 Å². The number of fused-ring (bicyclic) bond motifs is 1. The van der Waals surface area contributed by atoms with Crippen molar-refractivity contribution in [1.82, 2.24) is 0 Å². The molecule has 0 unspecified atom stereocenters. The minimum atomic E-state index is -3.86. The van der Waals surface area contributed by atoms with Crippen LogP contribution in [0.5, 0.6) is 0 Å². The van der Waals surface area contributed by atoms with E-state index >= 15 is 0 Å². The van der Waals surface area contributed by atoms with Crippen LogP contribution in [0, 0.1) is 6.92 Å². The highest BCUT2D eigenvalue weighted by atomic mass is 32.2. The van der Waals surface area contributed by atoms with Gasteiger partial charge in [0.25, 0.3) is 10.0 Å². The Bertz CT molecular complexity index is 1050. The number of rotatable bonds is 3. The number of hydrogen-bond acceptors (Lipinski definition) is 4. The summed E-state index contributed by atoms with van der Waals surface area (Å²) >= 11 is 0. The van der Waals surface area contributed by atoms with Gasteiger partial charge in [0.15, 0.2) is 0 Å². The maximum Gasteiger partial charge on any atom is 0.282 e. The average molecular weight is 327 g/mol. The zero-order valence-corrected chi connectivity index (χ0v) is 13.1. The maximum absolute atomic E-state index is 12.3. The van der Waals surface area contributed by atoms with E-state index in [0.717, 1.165) is 11.8 Å². The summed E-state index contributed by atoms with van der Waals surface area (Å²) in [5.41, 5.74) is 1.15. The lowest BCUT2D eigenvalue weighted by Crippen LogP contribution is -2.09. The summed E-state index contributed by atoms with van der Waals surface area (Å²) in [6.07, 6.45) is 2.23. The van der Waals surface area contributed by atoms with E-state index in [9.17, 15) is 13.2 Å². The predicted molar refractivity (Wildman–Crippen MR) is 88.4 cm³/mol. The molecule has 1 heterocycles. The number of sulfonamides is 1. The number of para-hydroxylation sites is 1. The molecule has 0 bridgehead atoms. The highest BCUT2D eigenvalue weighted by molar-refractivity contribution is 7.90. The first-order chi connectivity index (χ1) is 11.0. The van der Waals surface area contributed by atoms with Crippen LogP contribution >= 0.6 is 0 Å². The lowest BCUT2D eigenvalue weighted by atomic mass is 10.2. The molecular formula is C17H13NO4S. The quantitative estimate of drug-likeness (QED) is 0.693. The van der Waals surface area contributed by atoms with Crippen LogP contribution in [0.4, 0.5) is 0 Å². The smallest absolute Gasteiger partial charge is 0.282 e. The second-order valence-corrected chi connectivity index (χ2v) is 6.67. The summed E-state index contributed by atoms with van der Waals surface area (Å²) in [6.45, 7) is 1.86. The molecule has 0 saturated carbocycles. The maximum atomic E-state index is 12.3. The van der Waals surface area contributed by atoms with E-state index in [1.54, 1.807) is 36.4 Å². The van der Waals surface area contributed by atoms with Crippen LogP contribution in [0.3, 0.4) is 0 Å². The standard InChI is InChI=1S/C17H13NO4S/c1-12-6-8-14(9-7-12)23(20,21)18-10-13-11-22-16-5-3-2-4-15(16)17(13)19/h2-11H,1H3/b18-10+. The van der Waals surface area contributed by atoms with Gasteiger partial charge in [0.05, 0.1) is 22.1 Å². The van der Waals surface area contributed by atoms with E-state index in [4.69, 9.17) is 4.42 Å². The van der Waals surface area contributed by atoms with Gasteiger partial charge in [0.2, 0.25) is 5.43 Å². The van der Waals surface area contributed by atoms with Crippen molar-refractivity contribution in [2.75, 3.05) is 0 Å². The van der Waals surface area contributed by atoms with E-state index < -0.39 is 10.0 Å². The van der Waals surface area contributed by atoms with Gasteiger partial charge >= 0.3 is 0 Å². The Labute approximate surface area is 133 Å². The largest absolute Gasteiger partial charge is 0.463 e. The molecule has 116 valence electrons. The molecule has 0 aliphatic carbocycles. The molecule has 0 N–H and O–H groups in total. The van der Waals surface area contributed by atoms with Gasteiger partial charge in [0, 0.05) is 0 Å². The van der Waals surface area contributed by atoms with Crippen LogP contribution in [0.25, 0.3) is 11.0 Å². The Morgan fingerprint density at radius 2 is 1.74 bits per heavy atom. The lowest BCUT2D eigenvalue weighted by molar-refractivity contribution is 0.598. The van der Waals surface area contributed by atoms with Gasteiger partial charge < -0.3 is 4.42 Å². The summed E-state index contributed by atoms with van der Waals surface area (Å²) in [5.74, 6) is 0. The lowest BCUT2D eigenvalue weighted by Gasteiger charge is -2.00. The molecule has 3 aromatic rings. The molecule has 6 heteroatoms. The van der Waals surface area contributed by atoms with Crippen molar-refractivity contribution < 1.29 is 12.8 Å². The van der Waals surface area contributed by atoms with Gasteiger partial charge in [-0.1, -0.05) is 29.8 Å². The molecule has 0 spiro atoms. The molecule has 1 aromatic heterocycles. The SMILES string of the molecule is Cc1ccc(S(=O)(=O)/N=C/c2coc3ccccc3c2=O)cc1. The average Bonchev–Trinajstić information content (AvgIpc) is 2.55. The zero-order chi connectivity index (χ0) is 16.4. The van der Waals surface area contributed by atoms with Crippen molar-refractivity contribution in [3.63, 3.8) is 0 Å². The third kappa shape index (κ3) is 3.07. The van der Waals surface area contributed by atoms with Crippen LogP contribution in [-0.4, -0.2) is 14.6 Å². The van der Waals surface area contributed by atoms with Crippen molar-refractivity contribution in [3.8, 4) is 0 Å². The zero-order valence-electron chi connectivity index (χ0n) is 12.3. The minimum absolute atomic E-state index is 0.0736. The fraction of sp³-hybridized carbons (Fsp3) is 0.0588. The van der Waals surface area contributed by atoms with Gasteiger partial charge in [-0.25, -0.2) is 0 Å². The second kappa shape index (κ2) is 5.81. The third-order valence-corrected chi connectivity index (χ3v) is 4.61. The number of benzene rings is 2. The van der Waals surface area contributed by atoms with Crippen LogP contribution in [0.1, 0.15) is 11.1 Å². The molecule has 0 atom stereocenters.